The maximum absolute atomic E-state index is 5.93. The van der Waals surface area contributed by atoms with E-state index in [0.29, 0.717) is 6.04 Å². The predicted molar refractivity (Wildman–Crippen MR) is 52.6 cm³/mol. The molecule has 1 aromatic rings. The largest absolute Gasteiger partial charge is 0.327 e. The summed E-state index contributed by atoms with van der Waals surface area (Å²) in [6.45, 7) is 5.20. The third kappa shape index (κ3) is 1.37. The SMILES string of the molecule is CCn1nc(C)c2c1CCC(N)C2. The average molecular weight is 179 g/mol. The van der Waals surface area contributed by atoms with Crippen LogP contribution in [0.3, 0.4) is 0 Å². The summed E-state index contributed by atoms with van der Waals surface area (Å²) in [5.41, 5.74) is 9.93. The van der Waals surface area contributed by atoms with Crippen LogP contribution in [0.1, 0.15) is 30.3 Å². The number of hydrogen-bond donors (Lipinski definition) is 1. The Morgan fingerprint density at radius 2 is 2.38 bits per heavy atom. The van der Waals surface area contributed by atoms with Crippen LogP contribution < -0.4 is 5.73 Å². The zero-order chi connectivity index (χ0) is 9.42. The quantitative estimate of drug-likeness (QED) is 0.699. The van der Waals surface area contributed by atoms with E-state index in [1.165, 1.54) is 17.0 Å². The van der Waals surface area contributed by atoms with Crippen LogP contribution >= 0.6 is 0 Å². The Morgan fingerprint density at radius 1 is 1.62 bits per heavy atom. The molecule has 0 saturated heterocycles. The Labute approximate surface area is 78.9 Å². The number of hydrogen-bond acceptors (Lipinski definition) is 2. The van der Waals surface area contributed by atoms with Gasteiger partial charge in [0.2, 0.25) is 0 Å². The third-order valence-electron chi connectivity index (χ3n) is 2.89. The molecule has 3 heteroatoms. The topological polar surface area (TPSA) is 43.8 Å². The van der Waals surface area contributed by atoms with E-state index >= 15 is 0 Å². The standard InChI is InChI=1S/C10H17N3/c1-3-13-10-5-4-8(11)6-9(10)7(2)12-13/h8H,3-6,11H2,1-2H3. The molecular formula is C10H17N3. The van der Waals surface area contributed by atoms with Crippen LogP contribution in [0.5, 0.6) is 0 Å². The van der Waals surface area contributed by atoms with Gasteiger partial charge in [0, 0.05) is 18.3 Å². The van der Waals surface area contributed by atoms with E-state index in [9.17, 15) is 0 Å². The fourth-order valence-corrected chi connectivity index (χ4v) is 2.16. The van der Waals surface area contributed by atoms with Crippen LogP contribution in [-0.4, -0.2) is 15.8 Å². The van der Waals surface area contributed by atoms with E-state index in [2.05, 4.69) is 23.6 Å². The molecule has 1 aliphatic carbocycles. The van der Waals surface area contributed by atoms with Gasteiger partial charge in [0.1, 0.15) is 0 Å². The lowest BCUT2D eigenvalue weighted by Gasteiger charge is -2.19. The Hall–Kier alpha value is -0.830. The van der Waals surface area contributed by atoms with Crippen LogP contribution in [-0.2, 0) is 19.4 Å². The van der Waals surface area contributed by atoms with Crippen LogP contribution in [0.15, 0.2) is 0 Å². The molecule has 1 heterocycles. The summed E-state index contributed by atoms with van der Waals surface area (Å²) in [5, 5.41) is 4.51. The Balaban J connectivity index is 2.42. The Morgan fingerprint density at radius 3 is 3.08 bits per heavy atom. The third-order valence-corrected chi connectivity index (χ3v) is 2.89. The lowest BCUT2D eigenvalue weighted by atomic mass is 9.92. The molecule has 0 fully saturated rings. The summed E-state index contributed by atoms with van der Waals surface area (Å²) in [6, 6.07) is 0.348. The van der Waals surface area contributed by atoms with E-state index in [-0.39, 0.29) is 0 Å². The summed E-state index contributed by atoms with van der Waals surface area (Å²) in [5.74, 6) is 0. The number of nitrogens with two attached hydrogens (primary N) is 1. The van der Waals surface area contributed by atoms with Gasteiger partial charge in [0.25, 0.3) is 0 Å². The van der Waals surface area contributed by atoms with Crippen molar-refractivity contribution in [3.63, 3.8) is 0 Å². The van der Waals surface area contributed by atoms with Crippen molar-refractivity contribution < 1.29 is 0 Å². The Kier molecular flexibility index (Phi) is 2.12. The van der Waals surface area contributed by atoms with Crippen LogP contribution in [0, 0.1) is 6.92 Å². The highest BCUT2D eigenvalue weighted by molar-refractivity contribution is 5.29. The molecular weight excluding hydrogens is 162 g/mol. The Bertz CT molecular complexity index is 314. The number of aromatic nitrogens is 2. The van der Waals surface area contributed by atoms with Gasteiger partial charge < -0.3 is 5.73 Å². The van der Waals surface area contributed by atoms with Gasteiger partial charge in [-0.05, 0) is 38.7 Å². The van der Waals surface area contributed by atoms with Gasteiger partial charge >= 0.3 is 0 Å². The highest BCUT2D eigenvalue weighted by Gasteiger charge is 2.21. The fraction of sp³-hybridized carbons (Fsp3) is 0.700. The van der Waals surface area contributed by atoms with Crippen molar-refractivity contribution in [3.8, 4) is 0 Å². The monoisotopic (exact) mass is 179 g/mol. The molecule has 1 unspecified atom stereocenters. The lowest BCUT2D eigenvalue weighted by molar-refractivity contribution is 0.535. The summed E-state index contributed by atoms with van der Waals surface area (Å²) in [7, 11) is 0. The molecule has 0 radical (unpaired) electrons. The van der Waals surface area contributed by atoms with Crippen molar-refractivity contribution in [3.05, 3.63) is 17.0 Å². The lowest BCUT2D eigenvalue weighted by Crippen LogP contribution is -2.28. The van der Waals surface area contributed by atoms with E-state index in [0.717, 1.165) is 25.8 Å². The smallest absolute Gasteiger partial charge is 0.0629 e. The summed E-state index contributed by atoms with van der Waals surface area (Å²) >= 11 is 0. The first-order chi connectivity index (χ1) is 6.22. The first-order valence-electron chi connectivity index (χ1n) is 5.03. The van der Waals surface area contributed by atoms with E-state index in [1.54, 1.807) is 0 Å². The van der Waals surface area contributed by atoms with Crippen molar-refractivity contribution in [2.75, 3.05) is 0 Å². The van der Waals surface area contributed by atoms with Gasteiger partial charge in [-0.25, -0.2) is 0 Å². The molecule has 72 valence electrons. The molecule has 2 rings (SSSR count). The molecule has 2 N–H and O–H groups in total. The van der Waals surface area contributed by atoms with Gasteiger partial charge in [0.05, 0.1) is 5.69 Å². The predicted octanol–water partition coefficient (Wildman–Crippen LogP) is 1.03. The number of nitrogens with zero attached hydrogens (tertiary/aromatic N) is 2. The second-order valence-corrected chi connectivity index (χ2v) is 3.83. The zero-order valence-corrected chi connectivity index (χ0v) is 8.38. The average Bonchev–Trinajstić information content (AvgIpc) is 2.43. The van der Waals surface area contributed by atoms with Crippen molar-refractivity contribution in [2.24, 2.45) is 5.73 Å². The molecule has 13 heavy (non-hydrogen) atoms. The number of rotatable bonds is 1. The summed E-state index contributed by atoms with van der Waals surface area (Å²) in [4.78, 5) is 0. The van der Waals surface area contributed by atoms with Gasteiger partial charge in [-0.3, -0.25) is 4.68 Å². The van der Waals surface area contributed by atoms with Crippen molar-refractivity contribution >= 4 is 0 Å². The van der Waals surface area contributed by atoms with E-state index in [4.69, 9.17) is 5.73 Å². The molecule has 0 aliphatic heterocycles. The normalized spacial score (nSPS) is 21.6. The van der Waals surface area contributed by atoms with E-state index < -0.39 is 0 Å². The van der Waals surface area contributed by atoms with Crippen LogP contribution in [0.25, 0.3) is 0 Å². The van der Waals surface area contributed by atoms with Gasteiger partial charge in [-0.15, -0.1) is 0 Å². The minimum absolute atomic E-state index is 0.348. The van der Waals surface area contributed by atoms with Crippen LogP contribution in [0.2, 0.25) is 0 Å². The van der Waals surface area contributed by atoms with Crippen molar-refractivity contribution in [1.82, 2.24) is 9.78 Å². The maximum Gasteiger partial charge on any atom is 0.0629 e. The number of aryl methyl sites for hydroxylation is 2. The highest BCUT2D eigenvalue weighted by Crippen LogP contribution is 2.23. The molecule has 0 amide bonds. The molecule has 0 saturated carbocycles. The van der Waals surface area contributed by atoms with Crippen LogP contribution in [0.4, 0.5) is 0 Å². The molecule has 0 spiro atoms. The molecule has 0 aromatic carbocycles. The first-order valence-corrected chi connectivity index (χ1v) is 5.03. The van der Waals surface area contributed by atoms with Crippen molar-refractivity contribution in [2.45, 2.75) is 45.7 Å². The van der Waals surface area contributed by atoms with Gasteiger partial charge in [0.15, 0.2) is 0 Å². The van der Waals surface area contributed by atoms with Gasteiger partial charge in [-0.2, -0.15) is 5.10 Å². The summed E-state index contributed by atoms with van der Waals surface area (Å²) < 4.78 is 2.12. The highest BCUT2D eigenvalue weighted by atomic mass is 15.3. The molecule has 3 nitrogen and oxygen atoms in total. The summed E-state index contributed by atoms with van der Waals surface area (Å²) in [6.07, 6.45) is 3.23. The number of fused-ring (bicyclic) bond motifs is 1. The minimum Gasteiger partial charge on any atom is -0.327 e. The fourth-order valence-electron chi connectivity index (χ4n) is 2.16. The van der Waals surface area contributed by atoms with Crippen molar-refractivity contribution in [1.29, 1.82) is 0 Å². The molecule has 0 bridgehead atoms. The second-order valence-electron chi connectivity index (χ2n) is 3.83. The maximum atomic E-state index is 5.93. The molecule has 1 atom stereocenters. The second kappa shape index (κ2) is 3.14. The molecule has 1 aromatic heterocycles. The zero-order valence-electron chi connectivity index (χ0n) is 8.38. The van der Waals surface area contributed by atoms with Gasteiger partial charge in [-0.1, -0.05) is 0 Å². The molecule has 1 aliphatic rings. The van der Waals surface area contributed by atoms with E-state index in [1.807, 2.05) is 0 Å². The first kappa shape index (κ1) is 8.75. The minimum atomic E-state index is 0.348.